The molecule has 0 bridgehead atoms. The first-order chi connectivity index (χ1) is 9.85. The number of aromatic hydroxyl groups is 1. The Labute approximate surface area is 118 Å². The van der Waals surface area contributed by atoms with Gasteiger partial charge in [0.2, 0.25) is 0 Å². The number of hydrogen-bond donors (Lipinski definition) is 1. The number of hydrogen-bond acceptors (Lipinski definition) is 5. The first-order valence-corrected chi connectivity index (χ1v) is 6.12. The molecule has 21 heavy (non-hydrogen) atoms. The second kappa shape index (κ2) is 6.13. The minimum atomic E-state index is -4.35. The molecule has 0 saturated carbocycles. The summed E-state index contributed by atoms with van der Waals surface area (Å²) in [7, 11) is 0. The molecule has 5 nitrogen and oxygen atoms in total. The highest BCUT2D eigenvalue weighted by Gasteiger charge is 2.27. The lowest BCUT2D eigenvalue weighted by Crippen LogP contribution is -2.18. The number of phenols is 1. The number of halogens is 3. The second-order valence-electron chi connectivity index (χ2n) is 4.43. The molecule has 0 radical (unpaired) electrons. The van der Waals surface area contributed by atoms with E-state index in [2.05, 4.69) is 14.9 Å². The van der Waals surface area contributed by atoms with Crippen LogP contribution in [0, 0.1) is 6.92 Å². The van der Waals surface area contributed by atoms with Gasteiger partial charge in [0.25, 0.3) is 5.89 Å². The second-order valence-corrected chi connectivity index (χ2v) is 4.43. The molecule has 0 aliphatic rings. The van der Waals surface area contributed by atoms with Crippen molar-refractivity contribution < 1.29 is 27.5 Å². The molecule has 0 fully saturated rings. The molecule has 0 unspecified atom stereocenters. The average Bonchev–Trinajstić information content (AvgIpc) is 2.86. The van der Waals surface area contributed by atoms with Crippen molar-refractivity contribution in [3.05, 3.63) is 29.6 Å². The zero-order valence-corrected chi connectivity index (χ0v) is 11.1. The summed E-state index contributed by atoms with van der Waals surface area (Å²) in [5, 5.41) is 13.3. The number of alkyl halides is 3. The van der Waals surface area contributed by atoms with E-state index in [0.29, 0.717) is 11.1 Å². The molecule has 8 heteroatoms. The first-order valence-electron chi connectivity index (χ1n) is 6.12. The van der Waals surface area contributed by atoms with Crippen LogP contribution in [0.4, 0.5) is 13.2 Å². The summed E-state index contributed by atoms with van der Waals surface area (Å²) in [5.74, 6) is 0.532. The average molecular weight is 302 g/mol. The van der Waals surface area contributed by atoms with Crippen molar-refractivity contribution >= 4 is 0 Å². The Kier molecular flexibility index (Phi) is 4.46. The molecule has 0 aliphatic heterocycles. The van der Waals surface area contributed by atoms with E-state index in [1.165, 1.54) is 6.07 Å². The van der Waals surface area contributed by atoms with E-state index in [-0.39, 0.29) is 30.5 Å². The van der Waals surface area contributed by atoms with E-state index < -0.39 is 12.8 Å². The molecular weight excluding hydrogens is 289 g/mol. The number of rotatable bonds is 5. The van der Waals surface area contributed by atoms with Crippen LogP contribution in [0.1, 0.15) is 11.4 Å². The molecule has 2 rings (SSSR count). The lowest BCUT2D eigenvalue weighted by atomic mass is 10.1. The zero-order valence-electron chi connectivity index (χ0n) is 11.1. The van der Waals surface area contributed by atoms with E-state index in [1.54, 1.807) is 19.1 Å². The van der Waals surface area contributed by atoms with Gasteiger partial charge in [-0.25, -0.2) is 0 Å². The van der Waals surface area contributed by atoms with Crippen LogP contribution in [0.3, 0.4) is 0 Å². The molecule has 1 aromatic carbocycles. The van der Waals surface area contributed by atoms with Crippen LogP contribution >= 0.6 is 0 Å². The molecule has 1 heterocycles. The summed E-state index contributed by atoms with van der Waals surface area (Å²) < 4.78 is 45.1. The Hall–Kier alpha value is -2.09. The summed E-state index contributed by atoms with van der Waals surface area (Å²) in [5.41, 5.74) is 1.24. The molecule has 1 aromatic heterocycles. The smallest absolute Gasteiger partial charge is 0.411 e. The van der Waals surface area contributed by atoms with Gasteiger partial charge in [-0.2, -0.15) is 18.2 Å². The van der Waals surface area contributed by atoms with E-state index in [0.717, 1.165) is 0 Å². The molecular formula is C13H13F3N2O3. The third-order valence-electron chi connectivity index (χ3n) is 2.66. The Morgan fingerprint density at radius 2 is 2.10 bits per heavy atom. The predicted molar refractivity (Wildman–Crippen MR) is 66.7 cm³/mol. The SMILES string of the molecule is Cc1ccc(-c2nc(CCOCC(F)(F)F)no2)cc1O. The Balaban J connectivity index is 1.93. The van der Waals surface area contributed by atoms with Crippen molar-refractivity contribution in [2.45, 2.75) is 19.5 Å². The van der Waals surface area contributed by atoms with Crippen LogP contribution in [-0.4, -0.2) is 34.6 Å². The Morgan fingerprint density at radius 1 is 1.33 bits per heavy atom. The number of ether oxygens (including phenoxy) is 1. The first kappa shape index (κ1) is 15.3. The van der Waals surface area contributed by atoms with Crippen LogP contribution in [0.5, 0.6) is 5.75 Å². The minimum absolute atomic E-state index is 0.0979. The molecule has 0 amide bonds. The summed E-state index contributed by atoms with van der Waals surface area (Å²) in [4.78, 5) is 4.04. The fourth-order valence-corrected chi connectivity index (χ4v) is 1.57. The topological polar surface area (TPSA) is 68.4 Å². The highest BCUT2D eigenvalue weighted by atomic mass is 19.4. The van der Waals surface area contributed by atoms with Gasteiger partial charge in [0.1, 0.15) is 12.4 Å². The van der Waals surface area contributed by atoms with Crippen LogP contribution in [-0.2, 0) is 11.2 Å². The largest absolute Gasteiger partial charge is 0.508 e. The fourth-order valence-electron chi connectivity index (χ4n) is 1.57. The maximum atomic E-state index is 11.9. The molecule has 0 saturated heterocycles. The van der Waals surface area contributed by atoms with E-state index >= 15 is 0 Å². The van der Waals surface area contributed by atoms with Gasteiger partial charge in [0.05, 0.1) is 6.61 Å². The van der Waals surface area contributed by atoms with Gasteiger partial charge < -0.3 is 14.4 Å². The van der Waals surface area contributed by atoms with E-state index in [1.807, 2.05) is 0 Å². The number of aromatic nitrogens is 2. The number of phenolic OH excluding ortho intramolecular Hbond substituents is 1. The molecule has 0 atom stereocenters. The van der Waals surface area contributed by atoms with Gasteiger partial charge in [-0.3, -0.25) is 0 Å². The van der Waals surface area contributed by atoms with Crippen molar-refractivity contribution in [3.8, 4) is 17.2 Å². The fraction of sp³-hybridized carbons (Fsp3) is 0.385. The van der Waals surface area contributed by atoms with Crippen molar-refractivity contribution in [2.75, 3.05) is 13.2 Å². The summed E-state index contributed by atoms with van der Waals surface area (Å²) >= 11 is 0. The molecule has 114 valence electrons. The molecule has 0 spiro atoms. The lowest BCUT2D eigenvalue weighted by Gasteiger charge is -2.05. The predicted octanol–water partition coefficient (Wildman–Crippen LogP) is 2.87. The third kappa shape index (κ3) is 4.45. The Bertz CT molecular complexity index is 611. The number of aryl methyl sites for hydroxylation is 1. The van der Waals surface area contributed by atoms with E-state index in [4.69, 9.17) is 4.52 Å². The highest BCUT2D eigenvalue weighted by molar-refractivity contribution is 5.57. The lowest BCUT2D eigenvalue weighted by molar-refractivity contribution is -0.173. The zero-order chi connectivity index (χ0) is 15.5. The third-order valence-corrected chi connectivity index (χ3v) is 2.66. The van der Waals surface area contributed by atoms with Crippen molar-refractivity contribution in [1.29, 1.82) is 0 Å². The van der Waals surface area contributed by atoms with Gasteiger partial charge in [0, 0.05) is 12.0 Å². The molecule has 1 N–H and O–H groups in total. The number of benzene rings is 1. The van der Waals surface area contributed by atoms with Gasteiger partial charge in [-0.1, -0.05) is 11.2 Å². The van der Waals surface area contributed by atoms with E-state index in [9.17, 15) is 18.3 Å². The van der Waals surface area contributed by atoms with Crippen LogP contribution in [0.15, 0.2) is 22.7 Å². The van der Waals surface area contributed by atoms with Crippen LogP contribution in [0.25, 0.3) is 11.5 Å². The summed E-state index contributed by atoms with van der Waals surface area (Å²) in [6.07, 6.45) is -4.24. The van der Waals surface area contributed by atoms with Gasteiger partial charge in [-0.15, -0.1) is 0 Å². The minimum Gasteiger partial charge on any atom is -0.508 e. The molecule has 0 aliphatic carbocycles. The van der Waals surface area contributed by atoms with Gasteiger partial charge in [-0.05, 0) is 24.6 Å². The van der Waals surface area contributed by atoms with Crippen molar-refractivity contribution in [2.24, 2.45) is 0 Å². The van der Waals surface area contributed by atoms with Gasteiger partial charge in [0.15, 0.2) is 5.82 Å². The normalized spacial score (nSPS) is 11.8. The van der Waals surface area contributed by atoms with Crippen LogP contribution < -0.4 is 0 Å². The maximum absolute atomic E-state index is 11.9. The quantitative estimate of drug-likeness (QED) is 0.860. The number of nitrogens with zero attached hydrogens (tertiary/aromatic N) is 2. The molecule has 2 aromatic rings. The van der Waals surface area contributed by atoms with Gasteiger partial charge >= 0.3 is 6.18 Å². The maximum Gasteiger partial charge on any atom is 0.411 e. The van der Waals surface area contributed by atoms with Crippen LogP contribution in [0.2, 0.25) is 0 Å². The van der Waals surface area contributed by atoms with Crippen molar-refractivity contribution in [3.63, 3.8) is 0 Å². The summed E-state index contributed by atoms with van der Waals surface area (Å²) in [6.45, 7) is 0.289. The van der Waals surface area contributed by atoms with Crippen molar-refractivity contribution in [1.82, 2.24) is 10.1 Å². The summed E-state index contributed by atoms with van der Waals surface area (Å²) in [6, 6.07) is 4.88. The highest BCUT2D eigenvalue weighted by Crippen LogP contribution is 2.24. The monoisotopic (exact) mass is 302 g/mol. The standard InChI is InChI=1S/C13H13F3N2O3/c1-8-2-3-9(6-10(8)19)12-17-11(18-21-12)4-5-20-7-13(14,15)16/h2-3,6,19H,4-5,7H2,1H3. The Morgan fingerprint density at radius 3 is 2.76 bits per heavy atom.